The van der Waals surface area contributed by atoms with Crippen molar-refractivity contribution in [3.05, 3.63) is 64.2 Å². The Morgan fingerprint density at radius 1 is 0.974 bits per heavy atom. The highest BCUT2D eigenvalue weighted by atomic mass is 19.4. The van der Waals surface area contributed by atoms with Crippen molar-refractivity contribution in [2.75, 3.05) is 45.9 Å². The van der Waals surface area contributed by atoms with Crippen molar-refractivity contribution in [3.8, 4) is 5.75 Å². The zero-order valence-corrected chi connectivity index (χ0v) is 23.7. The van der Waals surface area contributed by atoms with E-state index >= 15 is 0 Å². The predicted molar refractivity (Wildman–Crippen MR) is 148 cm³/mol. The van der Waals surface area contributed by atoms with E-state index in [0.29, 0.717) is 38.8 Å². The van der Waals surface area contributed by atoms with Gasteiger partial charge in [0.15, 0.2) is 0 Å². The third-order valence-electron chi connectivity index (χ3n) is 8.63. The summed E-state index contributed by atoms with van der Waals surface area (Å²) in [5.74, 6) is 0.724. The molecule has 2 aromatic rings. The summed E-state index contributed by atoms with van der Waals surface area (Å²) in [6, 6.07) is 9.58. The van der Waals surface area contributed by atoms with E-state index in [0.717, 1.165) is 30.8 Å². The van der Waals surface area contributed by atoms with Gasteiger partial charge in [-0.3, -0.25) is 9.69 Å². The number of carbonyl (C=O) groups excluding carboxylic acids is 1. The molecule has 0 N–H and O–H groups in total. The molecule has 2 unspecified atom stereocenters. The molecule has 0 radical (unpaired) electrons. The Kier molecular flexibility index (Phi) is 9.60. The lowest BCUT2D eigenvalue weighted by molar-refractivity contribution is -0.137. The number of carbonyl (C=O) groups is 1. The van der Waals surface area contributed by atoms with Gasteiger partial charge in [-0.15, -0.1) is 0 Å². The number of benzene rings is 2. The number of piperidine rings is 1. The van der Waals surface area contributed by atoms with Crippen molar-refractivity contribution < 1.29 is 22.7 Å². The first-order chi connectivity index (χ1) is 18.6. The monoisotopic (exact) mass is 545 g/mol. The minimum atomic E-state index is -4.41. The Labute approximate surface area is 230 Å². The molecule has 0 saturated carbocycles. The van der Waals surface area contributed by atoms with Gasteiger partial charge in [0, 0.05) is 50.4 Å². The van der Waals surface area contributed by atoms with Crippen LogP contribution in [0.5, 0.6) is 5.75 Å². The van der Waals surface area contributed by atoms with Gasteiger partial charge in [0.1, 0.15) is 5.75 Å². The number of hydrogen-bond donors (Lipinski definition) is 0. The zero-order valence-electron chi connectivity index (χ0n) is 23.7. The molecule has 8 heteroatoms. The van der Waals surface area contributed by atoms with Crippen molar-refractivity contribution in [1.29, 1.82) is 0 Å². The van der Waals surface area contributed by atoms with Crippen LogP contribution in [-0.4, -0.2) is 72.5 Å². The van der Waals surface area contributed by atoms with Crippen LogP contribution in [-0.2, 0) is 6.18 Å². The second kappa shape index (κ2) is 12.7. The molecule has 0 aliphatic carbocycles. The minimum absolute atomic E-state index is 0.182. The molecule has 0 bridgehead atoms. The molecule has 2 aromatic carbocycles. The van der Waals surface area contributed by atoms with E-state index < -0.39 is 11.7 Å². The second-order valence-corrected chi connectivity index (χ2v) is 11.1. The lowest BCUT2D eigenvalue weighted by atomic mass is 9.96. The predicted octanol–water partition coefficient (Wildman–Crippen LogP) is 6.48. The Hall–Kier alpha value is -2.58. The summed E-state index contributed by atoms with van der Waals surface area (Å²) >= 11 is 0. The molecule has 2 heterocycles. The molecule has 214 valence electrons. The van der Waals surface area contributed by atoms with Crippen LogP contribution in [0.15, 0.2) is 36.4 Å². The molecule has 0 aromatic heterocycles. The number of likely N-dealkylation sites (tertiary alicyclic amines) is 1. The quantitative estimate of drug-likeness (QED) is 0.356. The first-order valence-corrected chi connectivity index (χ1v) is 14.2. The number of ether oxygens (including phenoxy) is 1. The van der Waals surface area contributed by atoms with Crippen molar-refractivity contribution >= 4 is 5.91 Å². The van der Waals surface area contributed by atoms with Crippen LogP contribution in [0.4, 0.5) is 13.2 Å². The first kappa shape index (κ1) is 29.4. The maximum absolute atomic E-state index is 12.9. The van der Waals surface area contributed by atoms with Crippen LogP contribution in [0.1, 0.15) is 78.2 Å². The second-order valence-electron chi connectivity index (χ2n) is 11.1. The van der Waals surface area contributed by atoms with Crippen molar-refractivity contribution in [2.45, 2.75) is 71.6 Å². The van der Waals surface area contributed by atoms with Gasteiger partial charge >= 0.3 is 6.18 Å². The Balaban J connectivity index is 1.28. The van der Waals surface area contributed by atoms with E-state index in [-0.39, 0.29) is 17.5 Å². The Morgan fingerprint density at radius 2 is 1.67 bits per heavy atom. The zero-order chi connectivity index (χ0) is 28.2. The molecule has 2 aliphatic rings. The number of amides is 1. The fraction of sp³-hybridized carbons (Fsp3) is 0.581. The molecule has 5 nitrogen and oxygen atoms in total. The highest BCUT2D eigenvalue weighted by Gasteiger charge is 2.31. The fourth-order valence-corrected chi connectivity index (χ4v) is 5.86. The summed E-state index contributed by atoms with van der Waals surface area (Å²) in [6.07, 6.45) is 0.553. The molecular weight excluding hydrogens is 503 g/mol. The van der Waals surface area contributed by atoms with E-state index in [1.54, 1.807) is 4.90 Å². The highest BCUT2D eigenvalue weighted by Crippen LogP contribution is 2.32. The van der Waals surface area contributed by atoms with Gasteiger partial charge in [-0.05, 0) is 101 Å². The van der Waals surface area contributed by atoms with Crippen molar-refractivity contribution in [3.63, 3.8) is 0 Å². The number of rotatable bonds is 8. The normalized spacial score (nSPS) is 20.2. The van der Waals surface area contributed by atoms with Gasteiger partial charge in [-0.25, -0.2) is 0 Å². The average molecular weight is 546 g/mol. The number of halogens is 3. The number of hydrogen-bond acceptors (Lipinski definition) is 4. The molecule has 2 saturated heterocycles. The molecule has 2 fully saturated rings. The molecule has 4 rings (SSSR count). The maximum atomic E-state index is 12.9. The summed E-state index contributed by atoms with van der Waals surface area (Å²) in [5, 5.41) is 0. The lowest BCUT2D eigenvalue weighted by Gasteiger charge is -2.39. The molecule has 1 amide bonds. The van der Waals surface area contributed by atoms with Crippen LogP contribution in [0.2, 0.25) is 0 Å². The van der Waals surface area contributed by atoms with E-state index in [9.17, 15) is 18.0 Å². The molecule has 2 atom stereocenters. The molecule has 39 heavy (non-hydrogen) atoms. The fourth-order valence-electron chi connectivity index (χ4n) is 5.86. The van der Waals surface area contributed by atoms with Crippen LogP contribution in [0.25, 0.3) is 0 Å². The minimum Gasteiger partial charge on any atom is -0.493 e. The Bertz CT molecular complexity index is 1110. The van der Waals surface area contributed by atoms with Gasteiger partial charge in [-0.2, -0.15) is 13.2 Å². The SMILES string of the molecule is Cc1c(OCCCN2CCCCC2C)ccc(C(C)N2CCN(C(=O)c3ccc(C(F)(F)F)cc3)CC2)c1C. The van der Waals surface area contributed by atoms with Gasteiger partial charge in [0.25, 0.3) is 5.91 Å². The van der Waals surface area contributed by atoms with Crippen LogP contribution < -0.4 is 4.74 Å². The van der Waals surface area contributed by atoms with E-state index in [1.807, 2.05) is 0 Å². The molecular formula is C31H42F3N3O2. The first-order valence-electron chi connectivity index (χ1n) is 14.2. The summed E-state index contributed by atoms with van der Waals surface area (Å²) < 4.78 is 44.7. The van der Waals surface area contributed by atoms with Gasteiger partial charge < -0.3 is 14.5 Å². The maximum Gasteiger partial charge on any atom is 0.416 e. The van der Waals surface area contributed by atoms with Crippen LogP contribution in [0, 0.1) is 13.8 Å². The summed E-state index contributed by atoms with van der Waals surface area (Å²) in [4.78, 5) is 19.5. The van der Waals surface area contributed by atoms with Gasteiger partial charge in [0.2, 0.25) is 0 Å². The summed E-state index contributed by atoms with van der Waals surface area (Å²) in [5.41, 5.74) is 3.20. The van der Waals surface area contributed by atoms with Crippen LogP contribution in [0.3, 0.4) is 0 Å². The van der Waals surface area contributed by atoms with Crippen molar-refractivity contribution in [1.82, 2.24) is 14.7 Å². The van der Waals surface area contributed by atoms with E-state index in [2.05, 4.69) is 49.6 Å². The largest absolute Gasteiger partial charge is 0.493 e. The topological polar surface area (TPSA) is 36.0 Å². The van der Waals surface area contributed by atoms with Gasteiger partial charge in [-0.1, -0.05) is 12.5 Å². The van der Waals surface area contributed by atoms with Gasteiger partial charge in [0.05, 0.1) is 12.2 Å². The van der Waals surface area contributed by atoms with E-state index in [4.69, 9.17) is 4.74 Å². The van der Waals surface area contributed by atoms with Crippen LogP contribution >= 0.6 is 0 Å². The number of nitrogens with zero attached hydrogens (tertiary/aromatic N) is 3. The third-order valence-corrected chi connectivity index (χ3v) is 8.63. The number of alkyl halides is 3. The third kappa shape index (κ3) is 7.14. The number of piperazine rings is 1. The molecule has 0 spiro atoms. The van der Waals surface area contributed by atoms with Crippen molar-refractivity contribution in [2.24, 2.45) is 0 Å². The average Bonchev–Trinajstić information content (AvgIpc) is 2.93. The van der Waals surface area contributed by atoms with E-state index in [1.165, 1.54) is 54.6 Å². The lowest BCUT2D eigenvalue weighted by Crippen LogP contribution is -2.49. The Morgan fingerprint density at radius 3 is 2.31 bits per heavy atom. The summed E-state index contributed by atoms with van der Waals surface area (Å²) in [6.45, 7) is 14.3. The molecule has 2 aliphatic heterocycles. The highest BCUT2D eigenvalue weighted by molar-refractivity contribution is 5.94. The smallest absolute Gasteiger partial charge is 0.416 e. The summed E-state index contributed by atoms with van der Waals surface area (Å²) in [7, 11) is 0. The standard InChI is InChI=1S/C31H42F3N3O2/c1-22-8-5-6-15-35(22)16-7-21-39-29-14-13-28(23(2)24(29)3)25(4)36-17-19-37(20-18-36)30(38)26-9-11-27(12-10-26)31(32,33)34/h9-14,22,25H,5-8,15-21H2,1-4H3.